The van der Waals surface area contributed by atoms with Crippen LogP contribution < -0.4 is 10.6 Å². The molecule has 1 atom stereocenters. The molecule has 2 N–H and O–H groups in total. The largest absolute Gasteiger partial charge is 0.346 e. The molecule has 0 aromatic heterocycles. The predicted octanol–water partition coefficient (Wildman–Crippen LogP) is 5.23. The van der Waals surface area contributed by atoms with Gasteiger partial charge in [-0.1, -0.05) is 42.3 Å². The van der Waals surface area contributed by atoms with E-state index in [2.05, 4.69) is 10.6 Å². The van der Waals surface area contributed by atoms with Gasteiger partial charge in [0.05, 0.1) is 6.04 Å². The number of carbonyl (C=O) groups excluding carboxylic acids is 2. The van der Waals surface area contributed by atoms with E-state index in [0.717, 1.165) is 11.3 Å². The molecule has 0 aliphatic rings. The molecule has 0 heterocycles. The molecule has 136 valence electrons. The fourth-order valence-electron chi connectivity index (χ4n) is 2.26. The molecule has 2 amide bonds. The molecule has 2 aromatic rings. The number of hydrogen-bond acceptors (Lipinski definition) is 2. The Morgan fingerprint density at radius 1 is 1.12 bits per heavy atom. The van der Waals surface area contributed by atoms with Gasteiger partial charge in [-0.2, -0.15) is 0 Å². The molecular formula is C20H20Cl2N2O2. The summed E-state index contributed by atoms with van der Waals surface area (Å²) in [5.41, 5.74) is 2.34. The normalized spacial score (nSPS) is 12.0. The number of hydrogen-bond donors (Lipinski definition) is 2. The summed E-state index contributed by atoms with van der Waals surface area (Å²) in [5, 5.41) is 6.75. The number of anilines is 1. The maximum Gasteiger partial charge on any atom is 0.244 e. The monoisotopic (exact) mass is 390 g/mol. The minimum Gasteiger partial charge on any atom is -0.346 e. The van der Waals surface area contributed by atoms with Crippen LogP contribution in [0.1, 0.15) is 37.4 Å². The first kappa shape index (κ1) is 20.0. The average molecular weight is 391 g/mol. The van der Waals surface area contributed by atoms with Crippen molar-refractivity contribution in [2.75, 3.05) is 5.32 Å². The van der Waals surface area contributed by atoms with Crippen LogP contribution in [-0.2, 0) is 9.59 Å². The van der Waals surface area contributed by atoms with E-state index in [9.17, 15) is 9.59 Å². The average Bonchev–Trinajstić information content (AvgIpc) is 2.62. The Morgan fingerprint density at radius 3 is 2.46 bits per heavy atom. The third-order valence-corrected chi connectivity index (χ3v) is 4.33. The van der Waals surface area contributed by atoms with Gasteiger partial charge in [0.2, 0.25) is 11.8 Å². The fourth-order valence-corrected chi connectivity index (χ4v) is 2.62. The first-order valence-electron chi connectivity index (χ1n) is 8.22. The van der Waals surface area contributed by atoms with Crippen LogP contribution in [0.3, 0.4) is 0 Å². The van der Waals surface area contributed by atoms with Crippen molar-refractivity contribution in [1.29, 1.82) is 0 Å². The molecule has 0 bridgehead atoms. The summed E-state index contributed by atoms with van der Waals surface area (Å²) in [5.74, 6) is -0.277. The number of rotatable bonds is 6. The van der Waals surface area contributed by atoms with E-state index in [-0.39, 0.29) is 17.9 Å². The van der Waals surface area contributed by atoms with Crippen LogP contribution in [0.4, 0.5) is 5.69 Å². The van der Waals surface area contributed by atoms with Gasteiger partial charge in [-0.05, 0) is 54.5 Å². The highest BCUT2D eigenvalue weighted by Gasteiger charge is 2.08. The highest BCUT2D eigenvalue weighted by Crippen LogP contribution is 2.22. The second kappa shape index (κ2) is 9.41. The molecule has 0 aliphatic carbocycles. The zero-order chi connectivity index (χ0) is 19.1. The van der Waals surface area contributed by atoms with Gasteiger partial charge in [0.15, 0.2) is 0 Å². The molecule has 6 heteroatoms. The summed E-state index contributed by atoms with van der Waals surface area (Å²) < 4.78 is 0. The number of amides is 2. The Balaban J connectivity index is 1.97. The van der Waals surface area contributed by atoms with Gasteiger partial charge in [0, 0.05) is 28.2 Å². The van der Waals surface area contributed by atoms with Gasteiger partial charge in [0.1, 0.15) is 0 Å². The molecule has 0 fully saturated rings. The van der Waals surface area contributed by atoms with Gasteiger partial charge in [-0.15, -0.1) is 0 Å². The van der Waals surface area contributed by atoms with Gasteiger partial charge in [-0.3, -0.25) is 9.59 Å². The zero-order valence-electron chi connectivity index (χ0n) is 14.6. The highest BCUT2D eigenvalue weighted by molar-refractivity contribution is 6.34. The fraction of sp³-hybridized carbons (Fsp3) is 0.200. The van der Waals surface area contributed by atoms with Crippen molar-refractivity contribution >= 4 is 46.8 Å². The Morgan fingerprint density at radius 2 is 1.81 bits per heavy atom. The van der Waals surface area contributed by atoms with Crippen LogP contribution in [-0.4, -0.2) is 11.8 Å². The van der Waals surface area contributed by atoms with E-state index in [1.54, 1.807) is 31.2 Å². The van der Waals surface area contributed by atoms with E-state index in [0.29, 0.717) is 22.0 Å². The number of carbonyl (C=O) groups is 2. The van der Waals surface area contributed by atoms with Crippen molar-refractivity contribution < 1.29 is 9.59 Å². The number of benzene rings is 2. The van der Waals surface area contributed by atoms with E-state index in [1.165, 1.54) is 6.08 Å². The van der Waals surface area contributed by atoms with Crippen LogP contribution in [0.2, 0.25) is 10.0 Å². The van der Waals surface area contributed by atoms with Crippen LogP contribution in [0, 0.1) is 0 Å². The molecule has 0 spiro atoms. The Labute approximate surface area is 163 Å². The van der Waals surface area contributed by atoms with Crippen LogP contribution >= 0.6 is 23.2 Å². The van der Waals surface area contributed by atoms with Crippen molar-refractivity contribution in [3.05, 3.63) is 69.7 Å². The van der Waals surface area contributed by atoms with Gasteiger partial charge >= 0.3 is 0 Å². The van der Waals surface area contributed by atoms with Gasteiger partial charge in [0.25, 0.3) is 0 Å². The summed E-state index contributed by atoms with van der Waals surface area (Å²) in [6.45, 7) is 3.68. The molecule has 2 aromatic carbocycles. The second-order valence-corrected chi connectivity index (χ2v) is 6.60. The lowest BCUT2D eigenvalue weighted by Gasteiger charge is -2.14. The summed E-state index contributed by atoms with van der Waals surface area (Å²) in [4.78, 5) is 23.5. The molecule has 0 saturated heterocycles. The summed E-state index contributed by atoms with van der Waals surface area (Å²) in [7, 11) is 0. The van der Waals surface area contributed by atoms with E-state index >= 15 is 0 Å². The molecule has 0 radical (unpaired) electrons. The number of nitrogens with one attached hydrogen (secondary N) is 2. The third kappa shape index (κ3) is 5.90. The van der Waals surface area contributed by atoms with E-state index in [1.807, 2.05) is 31.2 Å². The lowest BCUT2D eigenvalue weighted by molar-refractivity contribution is -0.117. The Hall–Kier alpha value is -2.30. The van der Waals surface area contributed by atoms with Crippen LogP contribution in [0.25, 0.3) is 6.08 Å². The molecule has 1 unspecified atom stereocenters. The minimum atomic E-state index is -0.239. The second-order valence-electron chi connectivity index (χ2n) is 5.75. The van der Waals surface area contributed by atoms with E-state index < -0.39 is 0 Å². The quantitative estimate of drug-likeness (QED) is 0.663. The number of halogens is 2. The molecule has 0 saturated carbocycles. The van der Waals surface area contributed by atoms with Crippen molar-refractivity contribution in [1.82, 2.24) is 5.32 Å². The lowest BCUT2D eigenvalue weighted by Crippen LogP contribution is -2.24. The zero-order valence-corrected chi connectivity index (χ0v) is 16.1. The molecular weight excluding hydrogens is 371 g/mol. The van der Waals surface area contributed by atoms with Crippen molar-refractivity contribution in [3.8, 4) is 0 Å². The maximum absolute atomic E-state index is 12.1. The van der Waals surface area contributed by atoms with Crippen LogP contribution in [0.5, 0.6) is 0 Å². The SMILES string of the molecule is CCC(=O)Nc1ccc(C(C)NC(=O)/C=C/c2cc(Cl)ccc2Cl)cc1. The first-order valence-corrected chi connectivity index (χ1v) is 8.98. The lowest BCUT2D eigenvalue weighted by atomic mass is 10.1. The smallest absolute Gasteiger partial charge is 0.244 e. The Kier molecular flexibility index (Phi) is 7.25. The summed E-state index contributed by atoms with van der Waals surface area (Å²) in [6, 6.07) is 12.2. The van der Waals surface area contributed by atoms with Gasteiger partial charge in [-0.25, -0.2) is 0 Å². The molecule has 0 aliphatic heterocycles. The van der Waals surface area contributed by atoms with Crippen molar-refractivity contribution in [2.45, 2.75) is 26.3 Å². The molecule has 26 heavy (non-hydrogen) atoms. The Bertz CT molecular complexity index is 817. The van der Waals surface area contributed by atoms with Crippen molar-refractivity contribution in [3.63, 3.8) is 0 Å². The van der Waals surface area contributed by atoms with E-state index in [4.69, 9.17) is 23.2 Å². The third-order valence-electron chi connectivity index (χ3n) is 3.75. The summed E-state index contributed by atoms with van der Waals surface area (Å²) >= 11 is 12.0. The topological polar surface area (TPSA) is 58.2 Å². The van der Waals surface area contributed by atoms with Crippen molar-refractivity contribution in [2.24, 2.45) is 0 Å². The predicted molar refractivity (Wildman–Crippen MR) is 107 cm³/mol. The highest BCUT2D eigenvalue weighted by atomic mass is 35.5. The van der Waals surface area contributed by atoms with Crippen LogP contribution in [0.15, 0.2) is 48.5 Å². The van der Waals surface area contributed by atoms with Gasteiger partial charge < -0.3 is 10.6 Å². The first-order chi connectivity index (χ1) is 12.4. The molecule has 4 nitrogen and oxygen atoms in total. The summed E-state index contributed by atoms with van der Waals surface area (Å²) in [6.07, 6.45) is 3.47. The maximum atomic E-state index is 12.1. The molecule has 2 rings (SSSR count). The minimum absolute atomic E-state index is 0.0380. The standard InChI is InChI=1S/C20H20Cl2N2O2/c1-3-19(25)24-17-8-4-14(5-9-17)13(2)23-20(26)11-6-15-12-16(21)7-10-18(15)22/h4-13H,3H2,1-2H3,(H,23,26)(H,24,25)/b11-6+.